The minimum absolute atomic E-state index is 0.131. The van der Waals surface area contributed by atoms with Gasteiger partial charge >= 0.3 is 0 Å². The highest BCUT2D eigenvalue weighted by Crippen LogP contribution is 2.35. The molecule has 0 aliphatic carbocycles. The van der Waals surface area contributed by atoms with Gasteiger partial charge in [-0.15, -0.1) is 0 Å². The van der Waals surface area contributed by atoms with E-state index >= 15 is 0 Å². The van der Waals surface area contributed by atoms with Gasteiger partial charge in [0.2, 0.25) is 0 Å². The van der Waals surface area contributed by atoms with Crippen LogP contribution in [0.4, 0.5) is 0 Å². The van der Waals surface area contributed by atoms with Crippen LogP contribution < -0.4 is 15.8 Å². The van der Waals surface area contributed by atoms with Gasteiger partial charge in [-0.1, -0.05) is 6.92 Å². The van der Waals surface area contributed by atoms with Crippen molar-refractivity contribution in [2.75, 3.05) is 6.54 Å². The lowest BCUT2D eigenvalue weighted by atomic mass is 10.0. The Balaban J connectivity index is 2.87. The van der Waals surface area contributed by atoms with Crippen LogP contribution in [0.5, 0.6) is 5.75 Å². The monoisotopic (exact) mass is 420 g/mol. The molecule has 0 saturated carbocycles. The number of benzene rings is 1. The number of carbonyl (C=O) groups is 1. The number of hydrogen-bond donors (Lipinski definition) is 2. The first-order valence-corrected chi connectivity index (χ1v) is 8.65. The van der Waals surface area contributed by atoms with E-state index in [0.717, 1.165) is 27.4 Å². The average Bonchev–Trinajstić information content (AvgIpc) is 2.42. The van der Waals surface area contributed by atoms with Gasteiger partial charge in [0.15, 0.2) is 6.10 Å². The second-order valence-corrected chi connectivity index (χ2v) is 6.62. The molecule has 0 heterocycles. The van der Waals surface area contributed by atoms with Gasteiger partial charge < -0.3 is 15.8 Å². The average molecular weight is 422 g/mol. The molecule has 1 aromatic rings. The summed E-state index contributed by atoms with van der Waals surface area (Å²) in [7, 11) is 0. The molecule has 0 radical (unpaired) electrons. The normalized spacial score (nSPS) is 13.6. The predicted octanol–water partition coefficient (Wildman–Crippen LogP) is 3.39. The fourth-order valence-electron chi connectivity index (χ4n) is 1.84. The van der Waals surface area contributed by atoms with Crippen LogP contribution in [0.1, 0.15) is 32.8 Å². The third-order valence-corrected chi connectivity index (χ3v) is 4.27. The molecule has 0 aliphatic rings. The number of likely N-dealkylation sites (N-methyl/N-ethyl adjacent to an activating group) is 1. The molecular weight excluding hydrogens is 400 g/mol. The molecule has 21 heavy (non-hydrogen) atoms. The maximum absolute atomic E-state index is 11.7. The minimum atomic E-state index is -0.554. The first-order chi connectivity index (χ1) is 9.88. The Kier molecular flexibility index (Phi) is 7.70. The molecule has 0 aliphatic heterocycles. The topological polar surface area (TPSA) is 64.3 Å². The summed E-state index contributed by atoms with van der Waals surface area (Å²) in [4.78, 5) is 11.7. The molecule has 118 valence electrons. The third kappa shape index (κ3) is 5.60. The van der Waals surface area contributed by atoms with Crippen molar-refractivity contribution in [1.82, 2.24) is 5.32 Å². The standard InChI is InChI=1S/C15H22Br2N2O2/c1-4-11(18)6-10-7-12(16)14(13(17)8-10)21-9(3)15(20)19-5-2/h7-9,11H,4-6,18H2,1-3H3,(H,19,20). The highest BCUT2D eigenvalue weighted by Gasteiger charge is 2.18. The van der Waals surface area contributed by atoms with E-state index in [2.05, 4.69) is 44.1 Å². The number of halogens is 2. The number of hydrogen-bond acceptors (Lipinski definition) is 3. The van der Waals surface area contributed by atoms with E-state index in [4.69, 9.17) is 10.5 Å². The molecule has 0 bridgehead atoms. The Morgan fingerprint density at radius 1 is 1.33 bits per heavy atom. The van der Waals surface area contributed by atoms with Crippen molar-refractivity contribution in [1.29, 1.82) is 0 Å². The number of amides is 1. The zero-order valence-electron chi connectivity index (χ0n) is 12.6. The third-order valence-electron chi connectivity index (χ3n) is 3.10. The van der Waals surface area contributed by atoms with Gasteiger partial charge in [0.25, 0.3) is 5.91 Å². The van der Waals surface area contributed by atoms with Crippen LogP contribution in [-0.2, 0) is 11.2 Å². The SMILES string of the molecule is CCNC(=O)C(C)Oc1c(Br)cc(CC(N)CC)cc1Br. The van der Waals surface area contributed by atoms with Crippen molar-refractivity contribution in [2.45, 2.75) is 45.8 Å². The molecule has 3 N–H and O–H groups in total. The van der Waals surface area contributed by atoms with Crippen molar-refractivity contribution in [2.24, 2.45) is 5.73 Å². The van der Waals surface area contributed by atoms with Gasteiger partial charge in [0.1, 0.15) is 5.75 Å². The van der Waals surface area contributed by atoms with Gasteiger partial charge in [-0.2, -0.15) is 0 Å². The van der Waals surface area contributed by atoms with Gasteiger partial charge in [-0.3, -0.25) is 4.79 Å². The molecule has 4 nitrogen and oxygen atoms in total. The van der Waals surface area contributed by atoms with Gasteiger partial charge in [0.05, 0.1) is 8.95 Å². The maximum atomic E-state index is 11.7. The highest BCUT2D eigenvalue weighted by atomic mass is 79.9. The number of carbonyl (C=O) groups excluding carboxylic acids is 1. The Hall–Kier alpha value is -0.590. The fourth-order valence-corrected chi connectivity index (χ4v) is 3.31. The molecule has 1 rings (SSSR count). The van der Waals surface area contributed by atoms with E-state index in [-0.39, 0.29) is 11.9 Å². The van der Waals surface area contributed by atoms with Gasteiger partial charge in [0, 0.05) is 12.6 Å². The molecular formula is C15H22Br2N2O2. The van der Waals surface area contributed by atoms with Crippen molar-refractivity contribution in [3.63, 3.8) is 0 Å². The Bertz CT molecular complexity index is 472. The zero-order valence-corrected chi connectivity index (χ0v) is 15.8. The van der Waals surface area contributed by atoms with Gasteiger partial charge in [-0.05, 0) is 76.2 Å². The maximum Gasteiger partial charge on any atom is 0.260 e. The summed E-state index contributed by atoms with van der Waals surface area (Å²) in [5.41, 5.74) is 7.11. The molecule has 0 spiro atoms. The Labute approximate surface area is 143 Å². The van der Waals surface area contributed by atoms with Crippen molar-refractivity contribution in [3.8, 4) is 5.75 Å². The van der Waals surface area contributed by atoms with E-state index in [1.165, 1.54) is 0 Å². The summed E-state index contributed by atoms with van der Waals surface area (Å²) in [6.07, 6.45) is 1.18. The fraction of sp³-hybridized carbons (Fsp3) is 0.533. The van der Waals surface area contributed by atoms with E-state index < -0.39 is 6.10 Å². The van der Waals surface area contributed by atoms with E-state index in [1.807, 2.05) is 19.1 Å². The minimum Gasteiger partial charge on any atom is -0.479 e. The highest BCUT2D eigenvalue weighted by molar-refractivity contribution is 9.11. The summed E-state index contributed by atoms with van der Waals surface area (Å²) in [5, 5.41) is 2.74. The van der Waals surface area contributed by atoms with E-state index in [0.29, 0.717) is 12.3 Å². The number of nitrogens with two attached hydrogens (primary N) is 1. The largest absolute Gasteiger partial charge is 0.479 e. The van der Waals surface area contributed by atoms with Crippen LogP contribution in [0.3, 0.4) is 0 Å². The molecule has 0 saturated heterocycles. The van der Waals surface area contributed by atoms with Crippen LogP contribution in [0, 0.1) is 0 Å². The van der Waals surface area contributed by atoms with Crippen LogP contribution in [-0.4, -0.2) is 24.6 Å². The van der Waals surface area contributed by atoms with Crippen LogP contribution in [0.25, 0.3) is 0 Å². The molecule has 2 atom stereocenters. The van der Waals surface area contributed by atoms with E-state index in [9.17, 15) is 4.79 Å². The molecule has 6 heteroatoms. The molecule has 0 fully saturated rings. The lowest BCUT2D eigenvalue weighted by Gasteiger charge is -2.18. The Morgan fingerprint density at radius 3 is 2.38 bits per heavy atom. The summed E-state index contributed by atoms with van der Waals surface area (Å²) in [5.74, 6) is 0.496. The molecule has 1 aromatic carbocycles. The number of nitrogens with one attached hydrogen (secondary N) is 1. The van der Waals surface area contributed by atoms with Crippen LogP contribution in [0.15, 0.2) is 21.1 Å². The number of ether oxygens (including phenoxy) is 1. The smallest absolute Gasteiger partial charge is 0.260 e. The molecule has 2 unspecified atom stereocenters. The summed E-state index contributed by atoms with van der Waals surface area (Å²) < 4.78 is 7.36. The lowest BCUT2D eigenvalue weighted by Crippen LogP contribution is -2.36. The van der Waals surface area contributed by atoms with Crippen LogP contribution in [0.2, 0.25) is 0 Å². The second-order valence-electron chi connectivity index (χ2n) is 4.92. The quantitative estimate of drug-likeness (QED) is 0.709. The zero-order chi connectivity index (χ0) is 16.0. The molecule has 1 amide bonds. The van der Waals surface area contributed by atoms with Gasteiger partial charge in [-0.25, -0.2) is 0 Å². The van der Waals surface area contributed by atoms with Crippen molar-refractivity contribution < 1.29 is 9.53 Å². The molecule has 0 aromatic heterocycles. The number of rotatable bonds is 7. The lowest BCUT2D eigenvalue weighted by molar-refractivity contribution is -0.127. The predicted molar refractivity (Wildman–Crippen MR) is 92.6 cm³/mol. The van der Waals surface area contributed by atoms with E-state index in [1.54, 1.807) is 6.92 Å². The first-order valence-electron chi connectivity index (χ1n) is 7.06. The summed E-state index contributed by atoms with van der Waals surface area (Å²) >= 11 is 7.00. The van der Waals surface area contributed by atoms with Crippen LogP contribution >= 0.6 is 31.9 Å². The van der Waals surface area contributed by atoms with Crippen molar-refractivity contribution >= 4 is 37.8 Å². The first kappa shape index (κ1) is 18.5. The summed E-state index contributed by atoms with van der Waals surface area (Å²) in [6.45, 7) is 6.26. The Morgan fingerprint density at radius 2 is 1.90 bits per heavy atom. The second kappa shape index (κ2) is 8.76. The van der Waals surface area contributed by atoms with Crippen molar-refractivity contribution in [3.05, 3.63) is 26.6 Å². The summed E-state index contributed by atoms with van der Waals surface area (Å²) in [6, 6.07) is 4.12.